The van der Waals surface area contributed by atoms with E-state index in [1.54, 1.807) is 0 Å². The van der Waals surface area contributed by atoms with Gasteiger partial charge in [0, 0.05) is 36.3 Å². The molecule has 3 aromatic rings. The van der Waals surface area contributed by atoms with Crippen molar-refractivity contribution in [3.05, 3.63) is 57.6 Å². The summed E-state index contributed by atoms with van der Waals surface area (Å²) in [5, 5.41) is 11.5. The molecule has 0 aliphatic heterocycles. The number of hydrogen-bond acceptors (Lipinski definition) is 7. The second kappa shape index (κ2) is 9.09. The summed E-state index contributed by atoms with van der Waals surface area (Å²) in [4.78, 5) is 31.7. The normalized spacial score (nSPS) is 11.7. The fourth-order valence-corrected chi connectivity index (χ4v) is 4.01. The van der Waals surface area contributed by atoms with E-state index in [0.29, 0.717) is 16.8 Å². The molecule has 0 saturated heterocycles. The molecule has 3 rings (SSSR count). The maximum atomic E-state index is 13.4. The molecule has 170 valence electrons. The van der Waals surface area contributed by atoms with Crippen LogP contribution in [-0.2, 0) is 0 Å². The molecule has 2 aromatic carbocycles. The highest BCUT2D eigenvalue weighted by Crippen LogP contribution is 2.34. The molecule has 0 aliphatic carbocycles. The van der Waals surface area contributed by atoms with Gasteiger partial charge in [-0.2, -0.15) is 0 Å². The van der Waals surface area contributed by atoms with Gasteiger partial charge in [-0.05, 0) is 39.2 Å². The molecule has 0 saturated carbocycles. The number of benzene rings is 2. The number of alkyl halides is 3. The molecule has 8 nitrogen and oxygen atoms in total. The number of rotatable bonds is 7. The Bertz CT molecular complexity index is 1160. The highest BCUT2D eigenvalue weighted by atomic mass is 32.1. The van der Waals surface area contributed by atoms with Gasteiger partial charge in [-0.25, -0.2) is 4.98 Å². The number of amides is 1. The number of hydrogen-bond donors (Lipinski definition) is 0. The van der Waals surface area contributed by atoms with E-state index < -0.39 is 17.2 Å². The molecular formula is C20H19F3N4O4S. The highest BCUT2D eigenvalue weighted by molar-refractivity contribution is 7.22. The summed E-state index contributed by atoms with van der Waals surface area (Å²) < 4.78 is 42.0. The Labute approximate surface area is 185 Å². The number of anilines is 1. The smallest absolute Gasteiger partial charge is 0.406 e. The quantitative estimate of drug-likeness (QED) is 0.371. The summed E-state index contributed by atoms with van der Waals surface area (Å²) in [6.45, 7) is 2.19. The van der Waals surface area contributed by atoms with Gasteiger partial charge in [-0.15, -0.1) is 13.2 Å². The van der Waals surface area contributed by atoms with Gasteiger partial charge in [0.2, 0.25) is 0 Å². The van der Waals surface area contributed by atoms with Gasteiger partial charge < -0.3 is 9.64 Å². The maximum Gasteiger partial charge on any atom is 0.573 e. The molecule has 0 bridgehead atoms. The summed E-state index contributed by atoms with van der Waals surface area (Å²) in [5.74, 6) is -0.875. The van der Waals surface area contributed by atoms with Gasteiger partial charge >= 0.3 is 6.36 Å². The topological polar surface area (TPSA) is 88.8 Å². The molecule has 0 unspecified atom stereocenters. The van der Waals surface area contributed by atoms with Crippen LogP contribution in [0, 0.1) is 17.0 Å². The van der Waals surface area contributed by atoms with E-state index in [-0.39, 0.29) is 34.2 Å². The van der Waals surface area contributed by atoms with E-state index in [4.69, 9.17) is 0 Å². The number of carbonyl (C=O) groups is 1. The van der Waals surface area contributed by atoms with Crippen molar-refractivity contribution in [1.29, 1.82) is 0 Å². The van der Waals surface area contributed by atoms with Crippen molar-refractivity contribution in [2.45, 2.75) is 13.3 Å². The van der Waals surface area contributed by atoms with Crippen molar-refractivity contribution in [3.63, 3.8) is 0 Å². The number of nitro groups is 1. The fraction of sp³-hybridized carbons (Fsp3) is 0.300. The third kappa shape index (κ3) is 5.32. The summed E-state index contributed by atoms with van der Waals surface area (Å²) in [7, 11) is 3.64. The Hall–Kier alpha value is -3.25. The molecule has 0 aliphatic rings. The van der Waals surface area contributed by atoms with Gasteiger partial charge in [0.05, 0.1) is 15.1 Å². The van der Waals surface area contributed by atoms with E-state index in [0.717, 1.165) is 17.4 Å². The summed E-state index contributed by atoms with van der Waals surface area (Å²) >= 11 is 1.03. The molecule has 0 spiro atoms. The number of likely N-dealkylation sites (N-methyl/N-ethyl adjacent to an activating group) is 1. The van der Waals surface area contributed by atoms with Crippen LogP contribution < -0.4 is 9.64 Å². The van der Waals surface area contributed by atoms with Gasteiger partial charge in [-0.1, -0.05) is 17.4 Å². The number of thiazole rings is 1. The third-order valence-electron chi connectivity index (χ3n) is 4.56. The Kier molecular flexibility index (Phi) is 6.65. The Morgan fingerprint density at radius 3 is 2.56 bits per heavy atom. The number of aromatic nitrogens is 1. The van der Waals surface area contributed by atoms with Gasteiger partial charge in [0.25, 0.3) is 11.6 Å². The first-order valence-corrected chi connectivity index (χ1v) is 10.1. The average molecular weight is 468 g/mol. The predicted molar refractivity (Wildman–Crippen MR) is 114 cm³/mol. The van der Waals surface area contributed by atoms with Crippen LogP contribution in [0.3, 0.4) is 0 Å². The van der Waals surface area contributed by atoms with E-state index in [2.05, 4.69) is 9.72 Å². The lowest BCUT2D eigenvalue weighted by atomic mass is 10.1. The molecule has 0 atom stereocenters. The van der Waals surface area contributed by atoms with Crippen molar-refractivity contribution in [1.82, 2.24) is 9.88 Å². The van der Waals surface area contributed by atoms with E-state index >= 15 is 0 Å². The first-order valence-electron chi connectivity index (χ1n) is 9.33. The minimum atomic E-state index is -4.82. The van der Waals surface area contributed by atoms with Gasteiger partial charge in [-0.3, -0.25) is 19.8 Å². The summed E-state index contributed by atoms with van der Waals surface area (Å²) in [5.41, 5.74) is 0.595. The molecular weight excluding hydrogens is 449 g/mol. The number of halogens is 3. The van der Waals surface area contributed by atoms with Crippen LogP contribution in [0.15, 0.2) is 36.4 Å². The Morgan fingerprint density at radius 1 is 1.22 bits per heavy atom. The van der Waals surface area contributed by atoms with Crippen molar-refractivity contribution in [2.75, 3.05) is 32.1 Å². The monoisotopic (exact) mass is 468 g/mol. The summed E-state index contributed by atoms with van der Waals surface area (Å²) in [6, 6.07) is 7.98. The molecule has 12 heteroatoms. The fourth-order valence-electron chi connectivity index (χ4n) is 2.99. The van der Waals surface area contributed by atoms with Crippen molar-refractivity contribution < 1.29 is 27.6 Å². The molecule has 1 amide bonds. The van der Waals surface area contributed by atoms with Crippen LogP contribution in [0.4, 0.5) is 24.0 Å². The van der Waals surface area contributed by atoms with E-state index in [1.807, 2.05) is 19.0 Å². The number of ether oxygens (including phenoxy) is 1. The molecule has 0 radical (unpaired) electrons. The van der Waals surface area contributed by atoms with Crippen molar-refractivity contribution >= 4 is 38.3 Å². The van der Waals surface area contributed by atoms with Crippen molar-refractivity contribution in [3.8, 4) is 5.75 Å². The van der Waals surface area contributed by atoms with Gasteiger partial charge in [0.1, 0.15) is 5.75 Å². The first-order chi connectivity index (χ1) is 15.0. The second-order valence-electron chi connectivity index (χ2n) is 7.14. The SMILES string of the molecule is Cc1c(C(=O)N(CCN(C)C)c2nc3ccc(OC(F)(F)F)cc3s2)cccc1[N+](=O)[O-]. The lowest BCUT2D eigenvalue weighted by Crippen LogP contribution is -2.37. The number of nitro benzene ring substituents is 1. The predicted octanol–water partition coefficient (Wildman–Crippen LogP) is 4.62. The zero-order valence-corrected chi connectivity index (χ0v) is 18.2. The van der Waals surface area contributed by atoms with Crippen LogP contribution in [0.5, 0.6) is 5.75 Å². The Balaban J connectivity index is 2.02. The minimum absolute atomic E-state index is 0.151. The Morgan fingerprint density at radius 2 is 1.94 bits per heavy atom. The number of nitrogens with zero attached hydrogens (tertiary/aromatic N) is 4. The molecule has 32 heavy (non-hydrogen) atoms. The number of fused-ring (bicyclic) bond motifs is 1. The van der Waals surface area contributed by atoms with E-state index in [1.165, 1.54) is 42.2 Å². The largest absolute Gasteiger partial charge is 0.573 e. The summed E-state index contributed by atoms with van der Waals surface area (Å²) in [6.07, 6.45) is -4.82. The molecule has 1 heterocycles. The zero-order valence-electron chi connectivity index (χ0n) is 17.3. The van der Waals surface area contributed by atoms with Crippen LogP contribution in [0.1, 0.15) is 15.9 Å². The van der Waals surface area contributed by atoms with Crippen molar-refractivity contribution in [2.24, 2.45) is 0 Å². The maximum absolute atomic E-state index is 13.4. The van der Waals surface area contributed by atoms with Crippen LogP contribution in [0.25, 0.3) is 10.2 Å². The molecule has 0 N–H and O–H groups in total. The number of carbonyl (C=O) groups excluding carboxylic acids is 1. The van der Waals surface area contributed by atoms with Crippen LogP contribution in [-0.4, -0.2) is 54.3 Å². The minimum Gasteiger partial charge on any atom is -0.406 e. The van der Waals surface area contributed by atoms with E-state index in [9.17, 15) is 28.1 Å². The lowest BCUT2D eigenvalue weighted by molar-refractivity contribution is -0.385. The zero-order chi connectivity index (χ0) is 23.6. The molecule has 0 fully saturated rings. The second-order valence-corrected chi connectivity index (χ2v) is 8.15. The van der Waals surface area contributed by atoms with Crippen LogP contribution >= 0.6 is 11.3 Å². The average Bonchev–Trinajstić information content (AvgIpc) is 3.09. The van der Waals surface area contributed by atoms with Gasteiger partial charge in [0.15, 0.2) is 5.13 Å². The highest BCUT2D eigenvalue weighted by Gasteiger charge is 2.31. The van der Waals surface area contributed by atoms with Crippen LogP contribution in [0.2, 0.25) is 0 Å². The standard InChI is InChI=1S/C20H19F3N4O4S/c1-12-14(5-4-6-16(12)27(29)30)18(28)26(10-9-25(2)3)19-24-15-8-7-13(11-17(15)32-19)31-20(21,22)23/h4-8,11H,9-10H2,1-3H3. The lowest BCUT2D eigenvalue weighted by Gasteiger charge is -2.22. The third-order valence-corrected chi connectivity index (χ3v) is 5.60. The first kappa shape index (κ1) is 23.4. The molecule has 1 aromatic heterocycles.